The number of benzene rings is 1. The fourth-order valence-electron chi connectivity index (χ4n) is 4.63. The Kier molecular flexibility index (Phi) is 7.70. The van der Waals surface area contributed by atoms with Crippen molar-refractivity contribution in [3.05, 3.63) is 53.4 Å². The smallest absolute Gasteiger partial charge is 0.240 e. The summed E-state index contributed by atoms with van der Waals surface area (Å²) in [5.74, 6) is 0.785. The molecular weight excluding hydrogens is 450 g/mol. The van der Waals surface area contributed by atoms with Crippen molar-refractivity contribution in [3.63, 3.8) is 0 Å². The van der Waals surface area contributed by atoms with Crippen LogP contribution in [0.15, 0.2) is 42.9 Å². The highest BCUT2D eigenvalue weighted by molar-refractivity contribution is 6.30. The molecule has 0 aliphatic carbocycles. The highest BCUT2D eigenvalue weighted by atomic mass is 35.5. The van der Waals surface area contributed by atoms with Gasteiger partial charge in [0.05, 0.1) is 17.0 Å². The number of hydrogen-bond donors (Lipinski definition) is 3. The van der Waals surface area contributed by atoms with Crippen LogP contribution >= 0.6 is 11.6 Å². The van der Waals surface area contributed by atoms with Gasteiger partial charge in [-0.15, -0.1) is 0 Å². The van der Waals surface area contributed by atoms with E-state index in [0.29, 0.717) is 31.0 Å². The number of nitrogens with zero attached hydrogens (tertiary/aromatic N) is 4. The van der Waals surface area contributed by atoms with E-state index >= 15 is 0 Å². The Balaban J connectivity index is 1.44. The van der Waals surface area contributed by atoms with Crippen LogP contribution in [0.1, 0.15) is 44.7 Å². The number of aromatic amines is 1. The molecule has 1 aliphatic heterocycles. The fraction of sp³-hybridized carbons (Fsp3) is 0.480. The SMILES string of the molecule is CCN(CC)CCC(NC(=O)C1(N)CCN(c2ncnc3[nH]ccc23)CC1)c1ccc(Cl)cc1. The molecule has 1 unspecified atom stereocenters. The number of carbonyl (C=O) groups is 1. The van der Waals surface area contributed by atoms with Crippen LogP contribution in [0.3, 0.4) is 0 Å². The van der Waals surface area contributed by atoms with Crippen LogP contribution in [0.4, 0.5) is 5.82 Å². The standard InChI is InChI=1S/C25H34ClN7O/c1-3-32(4-2)14-10-21(18-5-7-19(26)8-6-18)31-24(34)25(27)11-15-33(16-12-25)23-20-9-13-28-22(20)29-17-30-23/h5-9,13,17,21H,3-4,10-12,14-16,27H2,1-2H3,(H,31,34)(H,28,29,30). The van der Waals surface area contributed by atoms with E-state index in [1.54, 1.807) is 6.33 Å². The van der Waals surface area contributed by atoms with Crippen LogP contribution in [-0.2, 0) is 4.79 Å². The lowest BCUT2D eigenvalue weighted by atomic mass is 9.87. The normalized spacial score (nSPS) is 16.7. The zero-order valence-corrected chi connectivity index (χ0v) is 20.7. The molecule has 1 atom stereocenters. The van der Waals surface area contributed by atoms with Crippen molar-refractivity contribution in [2.45, 2.75) is 44.7 Å². The van der Waals surface area contributed by atoms with E-state index in [1.807, 2.05) is 36.5 Å². The summed E-state index contributed by atoms with van der Waals surface area (Å²) in [4.78, 5) is 29.9. The minimum absolute atomic E-state index is 0.0962. The lowest BCUT2D eigenvalue weighted by molar-refractivity contribution is -0.128. The molecule has 1 amide bonds. The van der Waals surface area contributed by atoms with E-state index in [4.69, 9.17) is 17.3 Å². The maximum Gasteiger partial charge on any atom is 0.240 e. The molecule has 0 saturated carbocycles. The Bertz CT molecular complexity index is 1090. The van der Waals surface area contributed by atoms with Crippen molar-refractivity contribution in [2.75, 3.05) is 37.6 Å². The minimum atomic E-state index is -0.916. The van der Waals surface area contributed by atoms with Crippen molar-refractivity contribution < 1.29 is 4.79 Å². The quantitative estimate of drug-likeness (QED) is 0.430. The van der Waals surface area contributed by atoms with Gasteiger partial charge in [0.2, 0.25) is 5.91 Å². The summed E-state index contributed by atoms with van der Waals surface area (Å²) < 4.78 is 0. The lowest BCUT2D eigenvalue weighted by Crippen LogP contribution is -2.60. The number of fused-ring (bicyclic) bond motifs is 1. The zero-order valence-electron chi connectivity index (χ0n) is 19.9. The molecule has 8 nitrogen and oxygen atoms in total. The molecule has 182 valence electrons. The first kappa shape index (κ1) is 24.4. The van der Waals surface area contributed by atoms with Crippen LogP contribution in [0.25, 0.3) is 11.0 Å². The van der Waals surface area contributed by atoms with Crippen LogP contribution < -0.4 is 16.0 Å². The molecule has 4 N–H and O–H groups in total. The molecule has 3 heterocycles. The van der Waals surface area contributed by atoms with E-state index in [1.165, 1.54) is 0 Å². The van der Waals surface area contributed by atoms with Gasteiger partial charge in [-0.25, -0.2) is 9.97 Å². The maximum atomic E-state index is 13.4. The van der Waals surface area contributed by atoms with Gasteiger partial charge in [-0.05, 0) is 56.1 Å². The Labute approximate surface area is 205 Å². The van der Waals surface area contributed by atoms with Gasteiger partial charge in [0, 0.05) is 30.9 Å². The van der Waals surface area contributed by atoms with E-state index < -0.39 is 5.54 Å². The average molecular weight is 484 g/mol. The summed E-state index contributed by atoms with van der Waals surface area (Å²) in [6.07, 6.45) is 5.35. The number of nitrogens with one attached hydrogen (secondary N) is 2. The monoisotopic (exact) mass is 483 g/mol. The van der Waals surface area contributed by atoms with Crippen molar-refractivity contribution in [1.29, 1.82) is 0 Å². The van der Waals surface area contributed by atoms with Crippen LogP contribution in [-0.4, -0.2) is 64.0 Å². The molecule has 0 spiro atoms. The summed E-state index contributed by atoms with van der Waals surface area (Å²) in [6.45, 7) is 8.48. The van der Waals surface area contributed by atoms with E-state index in [2.05, 4.69) is 43.9 Å². The average Bonchev–Trinajstić information content (AvgIpc) is 3.34. The number of H-pyrrole nitrogens is 1. The number of nitrogens with two attached hydrogens (primary N) is 1. The predicted octanol–water partition coefficient (Wildman–Crippen LogP) is 3.50. The largest absolute Gasteiger partial charge is 0.356 e. The number of halogens is 1. The fourth-order valence-corrected chi connectivity index (χ4v) is 4.75. The van der Waals surface area contributed by atoms with Gasteiger partial charge in [0.15, 0.2) is 0 Å². The Morgan fingerprint density at radius 2 is 1.91 bits per heavy atom. The number of carbonyl (C=O) groups excluding carboxylic acids is 1. The second kappa shape index (κ2) is 10.7. The topological polar surface area (TPSA) is 103 Å². The number of amides is 1. The molecule has 1 fully saturated rings. The van der Waals surface area contributed by atoms with Gasteiger partial charge in [-0.2, -0.15) is 0 Å². The highest BCUT2D eigenvalue weighted by Crippen LogP contribution is 2.29. The van der Waals surface area contributed by atoms with Gasteiger partial charge in [-0.3, -0.25) is 4.79 Å². The molecule has 1 aliphatic rings. The molecule has 3 aromatic rings. The van der Waals surface area contributed by atoms with Gasteiger partial charge in [0.1, 0.15) is 17.8 Å². The summed E-state index contributed by atoms with van der Waals surface area (Å²) >= 11 is 6.10. The van der Waals surface area contributed by atoms with Crippen LogP contribution in [0.5, 0.6) is 0 Å². The maximum absolute atomic E-state index is 13.4. The first-order valence-electron chi connectivity index (χ1n) is 12.0. The highest BCUT2D eigenvalue weighted by Gasteiger charge is 2.39. The third kappa shape index (κ3) is 5.35. The van der Waals surface area contributed by atoms with Gasteiger partial charge >= 0.3 is 0 Å². The molecule has 1 aromatic carbocycles. The molecule has 0 bridgehead atoms. The molecule has 34 heavy (non-hydrogen) atoms. The minimum Gasteiger partial charge on any atom is -0.356 e. The lowest BCUT2D eigenvalue weighted by Gasteiger charge is -2.39. The van der Waals surface area contributed by atoms with E-state index in [-0.39, 0.29) is 11.9 Å². The van der Waals surface area contributed by atoms with E-state index in [9.17, 15) is 4.79 Å². The summed E-state index contributed by atoms with van der Waals surface area (Å²) in [5.41, 5.74) is 7.62. The summed E-state index contributed by atoms with van der Waals surface area (Å²) in [7, 11) is 0. The van der Waals surface area contributed by atoms with Crippen molar-refractivity contribution in [1.82, 2.24) is 25.2 Å². The zero-order chi connectivity index (χ0) is 24.1. The van der Waals surface area contributed by atoms with Crippen molar-refractivity contribution in [2.24, 2.45) is 5.73 Å². The molecule has 2 aromatic heterocycles. The molecule has 0 radical (unpaired) electrons. The van der Waals surface area contributed by atoms with Crippen molar-refractivity contribution in [3.8, 4) is 0 Å². The van der Waals surface area contributed by atoms with Gasteiger partial charge < -0.3 is 25.8 Å². The first-order chi connectivity index (χ1) is 16.4. The Hall–Kier alpha value is -2.68. The number of piperidine rings is 1. The molecular formula is C25H34ClN7O. The van der Waals surface area contributed by atoms with Crippen molar-refractivity contribution >= 4 is 34.4 Å². The van der Waals surface area contributed by atoms with Gasteiger partial charge in [0.25, 0.3) is 0 Å². The van der Waals surface area contributed by atoms with Crippen LogP contribution in [0, 0.1) is 0 Å². The second-order valence-electron chi connectivity index (χ2n) is 8.97. The predicted molar refractivity (Wildman–Crippen MR) is 137 cm³/mol. The number of rotatable bonds is 9. The van der Waals surface area contributed by atoms with E-state index in [0.717, 1.165) is 48.5 Å². The number of anilines is 1. The third-order valence-electron chi connectivity index (χ3n) is 6.95. The first-order valence-corrected chi connectivity index (χ1v) is 12.4. The van der Waals surface area contributed by atoms with Gasteiger partial charge in [-0.1, -0.05) is 37.6 Å². The molecule has 4 rings (SSSR count). The Morgan fingerprint density at radius 3 is 2.59 bits per heavy atom. The third-order valence-corrected chi connectivity index (χ3v) is 7.20. The summed E-state index contributed by atoms with van der Waals surface area (Å²) in [6, 6.07) is 9.57. The molecule has 1 saturated heterocycles. The number of hydrogen-bond acceptors (Lipinski definition) is 6. The molecule has 9 heteroatoms. The second-order valence-corrected chi connectivity index (χ2v) is 9.41. The number of aromatic nitrogens is 3. The Morgan fingerprint density at radius 1 is 1.21 bits per heavy atom. The van der Waals surface area contributed by atoms with Crippen LogP contribution in [0.2, 0.25) is 5.02 Å². The summed E-state index contributed by atoms with van der Waals surface area (Å²) in [5, 5.41) is 4.93.